The fraction of sp³-hybridized carbons (Fsp3) is 0.625. The summed E-state index contributed by atoms with van der Waals surface area (Å²) in [6.45, 7) is 0. The van der Waals surface area contributed by atoms with Gasteiger partial charge in [-0.3, -0.25) is 0 Å². The van der Waals surface area contributed by atoms with Gasteiger partial charge in [-0.25, -0.2) is 9.97 Å². The molecule has 4 rings (SSSR count). The quantitative estimate of drug-likeness (QED) is 0.831. The third-order valence-electron chi connectivity index (χ3n) is 4.69. The lowest BCUT2D eigenvalue weighted by atomic mass is 10.0. The maximum atomic E-state index is 4.97. The van der Waals surface area contributed by atoms with E-state index in [0.717, 1.165) is 11.2 Å². The van der Waals surface area contributed by atoms with Crippen molar-refractivity contribution in [2.45, 2.75) is 50.5 Å². The maximum Gasteiger partial charge on any atom is 0.160 e. The van der Waals surface area contributed by atoms with E-state index in [-0.39, 0.29) is 0 Å². The van der Waals surface area contributed by atoms with Gasteiger partial charge < -0.3 is 4.57 Å². The molecule has 2 aromatic heterocycles. The third-order valence-corrected chi connectivity index (χ3v) is 5.91. The Hall–Kier alpha value is -1.03. The van der Waals surface area contributed by atoms with Gasteiger partial charge in [-0.15, -0.1) is 0 Å². The predicted molar refractivity (Wildman–Crippen MR) is 84.3 cm³/mol. The SMILES string of the molecule is c1cnc2c(c1)nc(C1CCCSC1)n2C1CCCC1. The zero-order valence-corrected chi connectivity index (χ0v) is 12.6. The average molecular weight is 287 g/mol. The molecule has 0 radical (unpaired) electrons. The Labute approximate surface area is 124 Å². The minimum atomic E-state index is 0.628. The Morgan fingerprint density at radius 2 is 2.05 bits per heavy atom. The lowest BCUT2D eigenvalue weighted by Crippen LogP contribution is -2.17. The van der Waals surface area contributed by atoms with Crippen molar-refractivity contribution in [1.82, 2.24) is 14.5 Å². The molecule has 1 saturated heterocycles. The van der Waals surface area contributed by atoms with E-state index in [2.05, 4.69) is 27.4 Å². The molecule has 4 heteroatoms. The number of aromatic nitrogens is 3. The van der Waals surface area contributed by atoms with Crippen LogP contribution in [0.4, 0.5) is 0 Å². The fourth-order valence-electron chi connectivity index (χ4n) is 3.70. The largest absolute Gasteiger partial charge is 0.309 e. The Bertz CT molecular complexity index is 595. The Kier molecular flexibility index (Phi) is 3.42. The van der Waals surface area contributed by atoms with Gasteiger partial charge in [-0.2, -0.15) is 11.8 Å². The van der Waals surface area contributed by atoms with Crippen LogP contribution in [-0.4, -0.2) is 26.0 Å². The lowest BCUT2D eigenvalue weighted by Gasteiger charge is -2.24. The van der Waals surface area contributed by atoms with Gasteiger partial charge in [0, 0.05) is 23.9 Å². The molecule has 1 saturated carbocycles. The third kappa shape index (κ3) is 2.14. The minimum absolute atomic E-state index is 0.628. The van der Waals surface area contributed by atoms with E-state index in [1.165, 1.54) is 55.9 Å². The van der Waals surface area contributed by atoms with Gasteiger partial charge in [0.1, 0.15) is 11.3 Å². The van der Waals surface area contributed by atoms with Crippen LogP contribution in [0.3, 0.4) is 0 Å². The second-order valence-electron chi connectivity index (χ2n) is 6.04. The number of rotatable bonds is 2. The lowest BCUT2D eigenvalue weighted by molar-refractivity contribution is 0.480. The molecule has 0 N–H and O–H groups in total. The van der Waals surface area contributed by atoms with Gasteiger partial charge in [0.05, 0.1) is 0 Å². The molecule has 1 unspecified atom stereocenters. The standard InChI is InChI=1S/C16H21N3S/c1-2-7-13(6-1)19-15(12-5-4-10-20-11-12)18-14-8-3-9-17-16(14)19/h3,8-9,12-13H,1-2,4-7,10-11H2. The summed E-state index contributed by atoms with van der Waals surface area (Å²) in [5.74, 6) is 4.50. The average Bonchev–Trinajstić information content (AvgIpc) is 3.14. The van der Waals surface area contributed by atoms with Crippen molar-refractivity contribution >= 4 is 22.9 Å². The van der Waals surface area contributed by atoms with Crippen LogP contribution in [0.5, 0.6) is 0 Å². The maximum absolute atomic E-state index is 4.97. The Morgan fingerprint density at radius 3 is 2.85 bits per heavy atom. The van der Waals surface area contributed by atoms with Crippen LogP contribution in [0.15, 0.2) is 18.3 Å². The van der Waals surface area contributed by atoms with E-state index in [9.17, 15) is 0 Å². The van der Waals surface area contributed by atoms with Gasteiger partial charge in [0.25, 0.3) is 0 Å². The molecule has 0 spiro atoms. The summed E-state index contributed by atoms with van der Waals surface area (Å²) in [4.78, 5) is 9.60. The second kappa shape index (κ2) is 5.40. The molecule has 20 heavy (non-hydrogen) atoms. The van der Waals surface area contributed by atoms with E-state index in [0.29, 0.717) is 12.0 Å². The molecule has 0 aromatic carbocycles. The van der Waals surface area contributed by atoms with E-state index < -0.39 is 0 Å². The molecule has 1 aliphatic heterocycles. The van der Waals surface area contributed by atoms with Crippen LogP contribution >= 0.6 is 11.8 Å². The first-order valence-electron chi connectivity index (χ1n) is 7.84. The minimum Gasteiger partial charge on any atom is -0.309 e. The summed E-state index contributed by atoms with van der Waals surface area (Å²) >= 11 is 2.09. The number of hydrogen-bond acceptors (Lipinski definition) is 3. The summed E-state index contributed by atoms with van der Waals surface area (Å²) in [6, 6.07) is 4.76. The summed E-state index contributed by atoms with van der Waals surface area (Å²) in [7, 11) is 0. The van der Waals surface area contributed by atoms with Gasteiger partial charge in [-0.05, 0) is 43.6 Å². The number of pyridine rings is 1. The first kappa shape index (κ1) is 12.7. The fourth-order valence-corrected chi connectivity index (χ4v) is 4.84. The molecule has 1 atom stereocenters. The number of imidazole rings is 1. The van der Waals surface area contributed by atoms with E-state index >= 15 is 0 Å². The van der Waals surface area contributed by atoms with Crippen LogP contribution < -0.4 is 0 Å². The Balaban J connectivity index is 1.82. The van der Waals surface area contributed by atoms with E-state index in [4.69, 9.17) is 4.98 Å². The highest BCUT2D eigenvalue weighted by Gasteiger charge is 2.28. The van der Waals surface area contributed by atoms with Crippen LogP contribution in [0, 0.1) is 0 Å². The number of hydrogen-bond donors (Lipinski definition) is 0. The highest BCUT2D eigenvalue weighted by atomic mass is 32.2. The van der Waals surface area contributed by atoms with Crippen LogP contribution in [-0.2, 0) is 0 Å². The van der Waals surface area contributed by atoms with Crippen molar-refractivity contribution < 1.29 is 0 Å². The summed E-state index contributed by atoms with van der Waals surface area (Å²) in [5.41, 5.74) is 2.20. The monoisotopic (exact) mass is 287 g/mol. The summed E-state index contributed by atoms with van der Waals surface area (Å²) in [5, 5.41) is 0. The molecule has 106 valence electrons. The first-order valence-corrected chi connectivity index (χ1v) is 8.99. The first-order chi connectivity index (χ1) is 9.93. The van der Waals surface area contributed by atoms with Gasteiger partial charge in [0.2, 0.25) is 0 Å². The van der Waals surface area contributed by atoms with Crippen LogP contribution in [0.2, 0.25) is 0 Å². The Morgan fingerprint density at radius 1 is 1.15 bits per heavy atom. The highest BCUT2D eigenvalue weighted by molar-refractivity contribution is 7.99. The van der Waals surface area contributed by atoms with Crippen molar-refractivity contribution in [2.24, 2.45) is 0 Å². The molecule has 3 heterocycles. The molecular weight excluding hydrogens is 266 g/mol. The number of fused-ring (bicyclic) bond motifs is 1. The van der Waals surface area contributed by atoms with Crippen LogP contribution in [0.1, 0.15) is 56.3 Å². The van der Waals surface area contributed by atoms with Crippen molar-refractivity contribution in [3.63, 3.8) is 0 Å². The number of nitrogens with zero attached hydrogens (tertiary/aromatic N) is 3. The summed E-state index contributed by atoms with van der Waals surface area (Å²) < 4.78 is 2.50. The van der Waals surface area contributed by atoms with Crippen LogP contribution in [0.25, 0.3) is 11.2 Å². The smallest absolute Gasteiger partial charge is 0.160 e. The summed E-state index contributed by atoms with van der Waals surface area (Å²) in [6.07, 6.45) is 9.85. The van der Waals surface area contributed by atoms with E-state index in [1.807, 2.05) is 12.3 Å². The molecule has 1 aliphatic carbocycles. The zero-order valence-electron chi connectivity index (χ0n) is 11.8. The molecule has 2 aromatic rings. The van der Waals surface area contributed by atoms with Crippen molar-refractivity contribution in [1.29, 1.82) is 0 Å². The number of thioether (sulfide) groups is 1. The topological polar surface area (TPSA) is 30.7 Å². The molecule has 0 bridgehead atoms. The highest BCUT2D eigenvalue weighted by Crippen LogP contribution is 2.38. The molecule has 3 nitrogen and oxygen atoms in total. The zero-order chi connectivity index (χ0) is 13.4. The van der Waals surface area contributed by atoms with E-state index in [1.54, 1.807) is 0 Å². The van der Waals surface area contributed by atoms with Gasteiger partial charge in [0.15, 0.2) is 5.65 Å². The van der Waals surface area contributed by atoms with Gasteiger partial charge in [-0.1, -0.05) is 12.8 Å². The second-order valence-corrected chi connectivity index (χ2v) is 7.19. The molecule has 2 aliphatic rings. The molecular formula is C16H21N3S. The normalized spacial score (nSPS) is 24.5. The molecule has 0 amide bonds. The van der Waals surface area contributed by atoms with Crippen molar-refractivity contribution in [3.05, 3.63) is 24.2 Å². The van der Waals surface area contributed by atoms with Gasteiger partial charge >= 0.3 is 0 Å². The predicted octanol–water partition coefficient (Wildman–Crippen LogP) is 4.16. The van der Waals surface area contributed by atoms with Crippen molar-refractivity contribution in [3.8, 4) is 0 Å². The van der Waals surface area contributed by atoms with Crippen molar-refractivity contribution in [2.75, 3.05) is 11.5 Å². The molecule has 2 fully saturated rings.